The molecule has 108 valence electrons. The molecule has 0 saturated carbocycles. The zero-order valence-corrected chi connectivity index (χ0v) is 11.3. The van der Waals surface area contributed by atoms with Gasteiger partial charge in [-0.15, -0.1) is 0 Å². The minimum absolute atomic E-state index is 0.0297. The normalized spacial score (nSPS) is 23.6. The number of benzene rings is 1. The summed E-state index contributed by atoms with van der Waals surface area (Å²) in [4.78, 5) is 2.17. The van der Waals surface area contributed by atoms with Crippen LogP contribution in [0.2, 0.25) is 0 Å². The number of nitrogens with one attached hydrogen (secondary N) is 1. The SMILES string of the molecule is CC1CC(Nc2ccc(C(F)(F)F)cc2C#N)CN1C. The zero-order chi connectivity index (χ0) is 14.9. The van der Waals surface area contributed by atoms with Crippen molar-refractivity contribution in [3.8, 4) is 6.07 Å². The van der Waals surface area contributed by atoms with Crippen LogP contribution in [0.5, 0.6) is 0 Å². The van der Waals surface area contributed by atoms with Gasteiger partial charge < -0.3 is 10.2 Å². The van der Waals surface area contributed by atoms with Gasteiger partial charge in [-0.05, 0) is 38.6 Å². The second kappa shape index (κ2) is 5.33. The van der Waals surface area contributed by atoms with E-state index in [1.807, 2.05) is 13.1 Å². The Labute approximate surface area is 116 Å². The van der Waals surface area contributed by atoms with Gasteiger partial charge in [0.15, 0.2) is 0 Å². The van der Waals surface area contributed by atoms with Gasteiger partial charge in [-0.25, -0.2) is 0 Å². The molecule has 0 aliphatic carbocycles. The van der Waals surface area contributed by atoms with Crippen molar-refractivity contribution < 1.29 is 13.2 Å². The first-order valence-corrected chi connectivity index (χ1v) is 6.39. The number of hydrogen-bond donors (Lipinski definition) is 1. The van der Waals surface area contributed by atoms with Crippen LogP contribution < -0.4 is 5.32 Å². The Hall–Kier alpha value is -1.74. The van der Waals surface area contributed by atoms with Crippen molar-refractivity contribution in [2.45, 2.75) is 31.6 Å². The molecule has 1 fully saturated rings. The number of anilines is 1. The maximum atomic E-state index is 12.6. The van der Waals surface area contributed by atoms with Gasteiger partial charge in [-0.3, -0.25) is 0 Å². The monoisotopic (exact) mass is 283 g/mol. The lowest BCUT2D eigenvalue weighted by Crippen LogP contribution is -2.25. The van der Waals surface area contributed by atoms with E-state index < -0.39 is 11.7 Å². The molecule has 1 heterocycles. The predicted molar refractivity (Wildman–Crippen MR) is 70.3 cm³/mol. The molecule has 1 saturated heterocycles. The van der Waals surface area contributed by atoms with Crippen LogP contribution in [0.4, 0.5) is 18.9 Å². The molecule has 6 heteroatoms. The summed E-state index contributed by atoms with van der Waals surface area (Å²) in [6.45, 7) is 2.91. The lowest BCUT2D eigenvalue weighted by Gasteiger charge is -2.16. The Morgan fingerprint density at radius 3 is 2.60 bits per heavy atom. The largest absolute Gasteiger partial charge is 0.416 e. The molecule has 0 bridgehead atoms. The van der Waals surface area contributed by atoms with E-state index in [0.29, 0.717) is 11.7 Å². The van der Waals surface area contributed by atoms with Crippen LogP contribution in [0.25, 0.3) is 0 Å². The van der Waals surface area contributed by atoms with Gasteiger partial charge >= 0.3 is 6.18 Å². The molecular formula is C14H16F3N3. The molecule has 1 aromatic carbocycles. The molecule has 3 nitrogen and oxygen atoms in total. The number of halogens is 3. The molecule has 0 amide bonds. The Kier molecular flexibility index (Phi) is 3.91. The zero-order valence-electron chi connectivity index (χ0n) is 11.3. The van der Waals surface area contributed by atoms with Crippen LogP contribution in [-0.4, -0.2) is 30.6 Å². The predicted octanol–water partition coefficient (Wildman–Crippen LogP) is 3.08. The number of likely N-dealkylation sites (N-methyl/N-ethyl adjacent to an activating group) is 1. The van der Waals surface area contributed by atoms with Gasteiger partial charge in [0.2, 0.25) is 0 Å². The molecule has 1 aromatic rings. The maximum Gasteiger partial charge on any atom is 0.416 e. The van der Waals surface area contributed by atoms with Gasteiger partial charge in [0.1, 0.15) is 6.07 Å². The van der Waals surface area contributed by atoms with Crippen molar-refractivity contribution >= 4 is 5.69 Å². The summed E-state index contributed by atoms with van der Waals surface area (Å²) < 4.78 is 37.8. The van der Waals surface area contributed by atoms with Crippen molar-refractivity contribution in [1.82, 2.24) is 4.90 Å². The molecule has 1 aliphatic heterocycles. The molecule has 1 aliphatic rings. The first kappa shape index (κ1) is 14.7. The lowest BCUT2D eigenvalue weighted by atomic mass is 10.1. The highest BCUT2D eigenvalue weighted by molar-refractivity contribution is 5.59. The highest BCUT2D eigenvalue weighted by Gasteiger charge is 2.31. The molecule has 1 N–H and O–H groups in total. The third kappa shape index (κ3) is 3.05. The van der Waals surface area contributed by atoms with Crippen molar-refractivity contribution in [2.24, 2.45) is 0 Å². The van der Waals surface area contributed by atoms with Gasteiger partial charge in [0.25, 0.3) is 0 Å². The van der Waals surface area contributed by atoms with Crippen LogP contribution in [0.3, 0.4) is 0 Å². The second-order valence-electron chi connectivity index (χ2n) is 5.24. The highest BCUT2D eigenvalue weighted by atomic mass is 19.4. The standard InChI is InChI=1S/C14H16F3N3/c1-9-5-12(8-20(9)2)19-13-4-3-11(14(15,16)17)6-10(13)7-18/h3-4,6,9,12,19H,5,8H2,1-2H3. The van der Waals surface area contributed by atoms with E-state index in [-0.39, 0.29) is 11.6 Å². The van der Waals surface area contributed by atoms with Crippen LogP contribution >= 0.6 is 0 Å². The fourth-order valence-electron chi connectivity index (χ4n) is 2.46. The summed E-state index contributed by atoms with van der Waals surface area (Å²) in [6.07, 6.45) is -3.52. The summed E-state index contributed by atoms with van der Waals surface area (Å²) in [5.41, 5.74) is -0.300. The van der Waals surface area contributed by atoms with Crippen molar-refractivity contribution in [3.63, 3.8) is 0 Å². The second-order valence-corrected chi connectivity index (χ2v) is 5.24. The first-order valence-electron chi connectivity index (χ1n) is 6.39. The number of hydrogen-bond acceptors (Lipinski definition) is 3. The quantitative estimate of drug-likeness (QED) is 0.906. The summed E-state index contributed by atoms with van der Waals surface area (Å²) in [5.74, 6) is 0. The highest BCUT2D eigenvalue weighted by Crippen LogP contribution is 2.32. The number of likely N-dealkylation sites (tertiary alicyclic amines) is 1. The van der Waals surface area contributed by atoms with Crippen molar-refractivity contribution in [3.05, 3.63) is 29.3 Å². The van der Waals surface area contributed by atoms with E-state index in [1.54, 1.807) is 0 Å². The fourth-order valence-corrected chi connectivity index (χ4v) is 2.46. The third-order valence-electron chi connectivity index (χ3n) is 3.71. The van der Waals surface area contributed by atoms with Crippen LogP contribution in [-0.2, 0) is 6.18 Å². The molecule has 0 aromatic heterocycles. The minimum atomic E-state index is -4.42. The third-order valence-corrected chi connectivity index (χ3v) is 3.71. The van der Waals surface area contributed by atoms with Crippen molar-refractivity contribution in [2.75, 3.05) is 18.9 Å². The van der Waals surface area contributed by atoms with E-state index in [2.05, 4.69) is 17.1 Å². The Bertz CT molecular complexity index is 523. The molecule has 2 unspecified atom stereocenters. The van der Waals surface area contributed by atoms with E-state index in [9.17, 15) is 13.2 Å². The number of rotatable bonds is 2. The van der Waals surface area contributed by atoms with Gasteiger partial charge in [0, 0.05) is 18.6 Å². The van der Waals surface area contributed by atoms with Crippen LogP contribution in [0, 0.1) is 11.3 Å². The molecule has 2 atom stereocenters. The molecule has 0 radical (unpaired) electrons. The van der Waals surface area contributed by atoms with Crippen LogP contribution in [0.1, 0.15) is 24.5 Å². The van der Waals surface area contributed by atoms with Crippen LogP contribution in [0.15, 0.2) is 18.2 Å². The molecule has 20 heavy (non-hydrogen) atoms. The molecular weight excluding hydrogens is 267 g/mol. The lowest BCUT2D eigenvalue weighted by molar-refractivity contribution is -0.137. The first-order chi connectivity index (χ1) is 9.31. The fraction of sp³-hybridized carbons (Fsp3) is 0.500. The van der Waals surface area contributed by atoms with E-state index in [4.69, 9.17) is 5.26 Å². The van der Waals surface area contributed by atoms with Gasteiger partial charge in [-0.2, -0.15) is 18.4 Å². The van der Waals surface area contributed by atoms with E-state index in [0.717, 1.165) is 25.1 Å². The van der Waals surface area contributed by atoms with Crippen molar-refractivity contribution in [1.29, 1.82) is 5.26 Å². The Balaban J connectivity index is 2.19. The summed E-state index contributed by atoms with van der Waals surface area (Å²) in [6, 6.07) is 5.64. The Morgan fingerprint density at radius 1 is 1.40 bits per heavy atom. The average molecular weight is 283 g/mol. The van der Waals surface area contributed by atoms with Gasteiger partial charge in [0.05, 0.1) is 16.8 Å². The molecule has 2 rings (SSSR count). The van der Waals surface area contributed by atoms with E-state index >= 15 is 0 Å². The average Bonchev–Trinajstić information content (AvgIpc) is 2.67. The summed E-state index contributed by atoms with van der Waals surface area (Å²) in [5, 5.41) is 12.2. The van der Waals surface area contributed by atoms with E-state index in [1.165, 1.54) is 6.07 Å². The maximum absolute atomic E-state index is 12.6. The Morgan fingerprint density at radius 2 is 2.10 bits per heavy atom. The number of nitrogens with zero attached hydrogens (tertiary/aromatic N) is 2. The topological polar surface area (TPSA) is 39.1 Å². The smallest absolute Gasteiger partial charge is 0.380 e. The number of nitriles is 1. The summed E-state index contributed by atoms with van der Waals surface area (Å²) in [7, 11) is 2.00. The number of alkyl halides is 3. The summed E-state index contributed by atoms with van der Waals surface area (Å²) >= 11 is 0. The minimum Gasteiger partial charge on any atom is -0.380 e. The molecule has 0 spiro atoms. The van der Waals surface area contributed by atoms with Gasteiger partial charge in [-0.1, -0.05) is 0 Å².